The van der Waals surface area contributed by atoms with Crippen molar-refractivity contribution in [3.05, 3.63) is 90.5 Å². The SMILES string of the molecule is CN(CCCOCCCc1ccc([S+](c2ccccc2)c2ccccc2)cc1)C1CCOC1=O. The Bertz CT molecular complexity index is 971. The summed E-state index contributed by atoms with van der Waals surface area (Å²) >= 11 is 0. The Morgan fingerprint density at radius 1 is 0.853 bits per heavy atom. The van der Waals surface area contributed by atoms with E-state index in [1.54, 1.807) is 0 Å². The summed E-state index contributed by atoms with van der Waals surface area (Å²) < 4.78 is 10.9. The lowest BCUT2D eigenvalue weighted by molar-refractivity contribution is -0.142. The van der Waals surface area contributed by atoms with E-state index < -0.39 is 0 Å². The predicted octanol–water partition coefficient (Wildman–Crippen LogP) is 5.37. The third-order valence-electron chi connectivity index (χ3n) is 6.11. The van der Waals surface area contributed by atoms with Crippen LogP contribution in [0.25, 0.3) is 0 Å². The van der Waals surface area contributed by atoms with Crippen LogP contribution in [-0.4, -0.2) is 50.3 Å². The number of hydrogen-bond donors (Lipinski definition) is 0. The van der Waals surface area contributed by atoms with Gasteiger partial charge in [0.1, 0.15) is 6.04 Å². The molecule has 0 N–H and O–H groups in total. The summed E-state index contributed by atoms with van der Waals surface area (Å²) in [4.78, 5) is 17.7. The standard InChI is InChI=1S/C29H34NO3S/c1-30(28-19-23-33-29(28)31)20-9-22-32-21-8-10-24-15-17-27(18-16-24)34(25-11-4-2-5-12-25)26-13-6-3-7-14-26/h2-7,11-18,28H,8-10,19-23H2,1H3/q+1. The topological polar surface area (TPSA) is 38.8 Å². The van der Waals surface area contributed by atoms with Crippen LogP contribution in [0.4, 0.5) is 0 Å². The van der Waals surface area contributed by atoms with Crippen LogP contribution in [-0.2, 0) is 31.6 Å². The summed E-state index contributed by atoms with van der Waals surface area (Å²) in [6, 6.07) is 30.5. The first kappa shape index (κ1) is 24.5. The number of nitrogens with zero attached hydrogens (tertiary/aromatic N) is 1. The molecule has 1 unspecified atom stereocenters. The molecular weight excluding hydrogens is 442 g/mol. The van der Waals surface area contributed by atoms with E-state index in [1.807, 2.05) is 7.05 Å². The van der Waals surface area contributed by atoms with Crippen molar-refractivity contribution in [2.24, 2.45) is 0 Å². The van der Waals surface area contributed by atoms with Gasteiger partial charge in [-0.1, -0.05) is 48.5 Å². The van der Waals surface area contributed by atoms with Gasteiger partial charge in [0.2, 0.25) is 0 Å². The van der Waals surface area contributed by atoms with Gasteiger partial charge in [-0.15, -0.1) is 0 Å². The lowest BCUT2D eigenvalue weighted by atomic mass is 10.1. The molecule has 0 bridgehead atoms. The normalized spacial score (nSPS) is 15.7. The second-order valence-electron chi connectivity index (χ2n) is 8.60. The van der Waals surface area contributed by atoms with Gasteiger partial charge < -0.3 is 9.47 Å². The Balaban J connectivity index is 1.22. The number of carbonyl (C=O) groups is 1. The van der Waals surface area contributed by atoms with E-state index in [4.69, 9.17) is 9.47 Å². The number of hydrogen-bond acceptors (Lipinski definition) is 4. The van der Waals surface area contributed by atoms with Crippen LogP contribution >= 0.6 is 0 Å². The van der Waals surface area contributed by atoms with E-state index in [1.165, 1.54) is 20.2 Å². The van der Waals surface area contributed by atoms with Gasteiger partial charge in [-0.2, -0.15) is 0 Å². The Labute approximate surface area is 206 Å². The highest BCUT2D eigenvalue weighted by atomic mass is 32.2. The second kappa shape index (κ2) is 12.7. The molecule has 0 aromatic heterocycles. The smallest absolute Gasteiger partial charge is 0.323 e. The first-order valence-electron chi connectivity index (χ1n) is 12.1. The van der Waals surface area contributed by atoms with Crippen molar-refractivity contribution < 1.29 is 14.3 Å². The molecule has 3 aromatic carbocycles. The molecule has 0 aliphatic carbocycles. The Kier molecular flexibility index (Phi) is 9.19. The van der Waals surface area contributed by atoms with Gasteiger partial charge in [-0.05, 0) is 68.3 Å². The fraction of sp³-hybridized carbons (Fsp3) is 0.345. The monoisotopic (exact) mass is 476 g/mol. The van der Waals surface area contributed by atoms with Crippen molar-refractivity contribution >= 4 is 16.9 Å². The number of cyclic esters (lactones) is 1. The molecule has 3 aromatic rings. The zero-order valence-corrected chi connectivity index (χ0v) is 20.7. The zero-order valence-electron chi connectivity index (χ0n) is 19.9. The van der Waals surface area contributed by atoms with Gasteiger partial charge >= 0.3 is 5.97 Å². The summed E-state index contributed by atoms with van der Waals surface area (Å²) in [5.74, 6) is -0.0890. The molecule has 1 fully saturated rings. The maximum Gasteiger partial charge on any atom is 0.323 e. The average molecular weight is 477 g/mol. The molecule has 1 aliphatic heterocycles. The molecule has 1 aliphatic rings. The Hall–Kier alpha value is -2.60. The maximum atomic E-state index is 11.6. The number of rotatable bonds is 12. The van der Waals surface area contributed by atoms with Gasteiger partial charge in [0.25, 0.3) is 0 Å². The van der Waals surface area contributed by atoms with Crippen LogP contribution < -0.4 is 0 Å². The predicted molar refractivity (Wildman–Crippen MR) is 137 cm³/mol. The van der Waals surface area contributed by atoms with Crippen molar-refractivity contribution in [1.82, 2.24) is 4.90 Å². The van der Waals surface area contributed by atoms with Crippen LogP contribution in [0.5, 0.6) is 0 Å². The third-order valence-corrected chi connectivity index (χ3v) is 8.34. The van der Waals surface area contributed by atoms with Gasteiger partial charge in [-0.3, -0.25) is 9.69 Å². The molecule has 0 amide bonds. The number of carbonyl (C=O) groups excluding carboxylic acids is 1. The average Bonchev–Trinajstić information content (AvgIpc) is 3.31. The van der Waals surface area contributed by atoms with Gasteiger partial charge in [0.15, 0.2) is 14.7 Å². The lowest BCUT2D eigenvalue weighted by Crippen LogP contribution is -2.36. The molecule has 178 valence electrons. The summed E-state index contributed by atoms with van der Waals surface area (Å²) in [5, 5.41) is 0. The highest BCUT2D eigenvalue weighted by molar-refractivity contribution is 7.97. The highest BCUT2D eigenvalue weighted by Crippen LogP contribution is 2.31. The zero-order chi connectivity index (χ0) is 23.6. The number of ether oxygens (including phenoxy) is 2. The Morgan fingerprint density at radius 2 is 1.44 bits per heavy atom. The van der Waals surface area contributed by atoms with E-state index in [0.717, 1.165) is 45.4 Å². The molecule has 4 rings (SSSR count). The molecule has 0 saturated carbocycles. The molecule has 4 nitrogen and oxygen atoms in total. The number of aryl methyl sites for hydroxylation is 1. The van der Waals surface area contributed by atoms with E-state index >= 15 is 0 Å². The van der Waals surface area contributed by atoms with Crippen molar-refractivity contribution in [3.8, 4) is 0 Å². The van der Waals surface area contributed by atoms with E-state index in [-0.39, 0.29) is 22.9 Å². The summed E-state index contributed by atoms with van der Waals surface area (Å²) in [6.45, 7) is 2.88. The van der Waals surface area contributed by atoms with Crippen molar-refractivity contribution in [2.45, 2.75) is 46.4 Å². The summed E-state index contributed by atoms with van der Waals surface area (Å²) in [6.07, 6.45) is 3.74. The van der Waals surface area contributed by atoms with Crippen LogP contribution in [0.3, 0.4) is 0 Å². The lowest BCUT2D eigenvalue weighted by Gasteiger charge is -2.20. The minimum absolute atomic E-state index is 0.0769. The molecule has 1 atom stereocenters. The maximum absolute atomic E-state index is 11.6. The number of benzene rings is 3. The molecule has 0 radical (unpaired) electrons. The first-order chi connectivity index (χ1) is 16.7. The van der Waals surface area contributed by atoms with Gasteiger partial charge in [0.05, 0.1) is 17.5 Å². The van der Waals surface area contributed by atoms with E-state index in [0.29, 0.717) is 6.61 Å². The van der Waals surface area contributed by atoms with Crippen LogP contribution in [0.15, 0.2) is 99.6 Å². The van der Waals surface area contributed by atoms with Crippen LogP contribution in [0, 0.1) is 0 Å². The minimum atomic E-state index is -0.0990. The van der Waals surface area contributed by atoms with Crippen LogP contribution in [0.2, 0.25) is 0 Å². The first-order valence-corrected chi connectivity index (χ1v) is 13.3. The minimum Gasteiger partial charge on any atom is -0.464 e. The van der Waals surface area contributed by atoms with Crippen LogP contribution in [0.1, 0.15) is 24.8 Å². The molecule has 1 saturated heterocycles. The van der Waals surface area contributed by atoms with E-state index in [9.17, 15) is 4.79 Å². The second-order valence-corrected chi connectivity index (χ2v) is 10.6. The van der Waals surface area contributed by atoms with Gasteiger partial charge in [0, 0.05) is 26.2 Å². The number of esters is 1. The largest absolute Gasteiger partial charge is 0.464 e. The van der Waals surface area contributed by atoms with Crippen molar-refractivity contribution in [3.63, 3.8) is 0 Å². The van der Waals surface area contributed by atoms with E-state index in [2.05, 4.69) is 89.8 Å². The van der Waals surface area contributed by atoms with Gasteiger partial charge in [-0.25, -0.2) is 0 Å². The third kappa shape index (κ3) is 6.72. The van der Waals surface area contributed by atoms with Crippen molar-refractivity contribution in [2.75, 3.05) is 33.4 Å². The molecule has 0 spiro atoms. The fourth-order valence-corrected chi connectivity index (χ4v) is 6.33. The summed E-state index contributed by atoms with van der Waals surface area (Å²) in [5.41, 5.74) is 1.34. The quantitative estimate of drug-likeness (QED) is 0.200. The Morgan fingerprint density at radius 3 is 2.03 bits per heavy atom. The number of likely N-dealkylation sites (N-methyl/N-ethyl adjacent to an activating group) is 1. The molecule has 5 heteroatoms. The summed E-state index contributed by atoms with van der Waals surface area (Å²) in [7, 11) is 1.89. The highest BCUT2D eigenvalue weighted by Gasteiger charge is 2.30. The fourth-order valence-electron chi connectivity index (χ4n) is 4.25. The molecular formula is C29H34NO3S+. The molecule has 34 heavy (non-hydrogen) atoms. The molecule has 1 heterocycles. The van der Waals surface area contributed by atoms with Crippen molar-refractivity contribution in [1.29, 1.82) is 0 Å².